The minimum Gasteiger partial charge on any atom is -0.298 e. The monoisotopic (exact) mass is 254 g/mol. The van der Waals surface area contributed by atoms with E-state index in [1.165, 1.54) is 6.07 Å². The largest absolute Gasteiger partial charge is 0.298 e. The normalized spacial score (nSPS) is 10.8. The van der Waals surface area contributed by atoms with Crippen LogP contribution in [-0.4, -0.2) is 16.1 Å². The zero-order valence-corrected chi connectivity index (χ0v) is 10.1. The highest BCUT2D eigenvalue weighted by molar-refractivity contribution is 5.86. The van der Waals surface area contributed by atoms with Crippen LogP contribution >= 0.6 is 0 Å². The first-order valence-corrected chi connectivity index (χ1v) is 5.92. The van der Waals surface area contributed by atoms with Crippen molar-refractivity contribution >= 4 is 17.2 Å². The van der Waals surface area contributed by atoms with Gasteiger partial charge in [-0.15, -0.1) is 0 Å². The van der Waals surface area contributed by atoms with Crippen LogP contribution in [0.5, 0.6) is 0 Å². The van der Waals surface area contributed by atoms with E-state index in [0.29, 0.717) is 17.7 Å². The van der Waals surface area contributed by atoms with Crippen LogP contribution in [0.2, 0.25) is 0 Å². The summed E-state index contributed by atoms with van der Waals surface area (Å²) in [4.78, 5) is 10.7. The highest BCUT2D eigenvalue weighted by atomic mass is 19.1. The van der Waals surface area contributed by atoms with Crippen molar-refractivity contribution in [1.29, 1.82) is 0 Å². The molecule has 3 aromatic rings. The molecule has 0 radical (unpaired) electrons. The molecule has 2 aromatic carbocycles. The second kappa shape index (κ2) is 4.65. The molecule has 1 aromatic heterocycles. The predicted octanol–water partition coefficient (Wildman–Crippen LogP) is 3.04. The van der Waals surface area contributed by atoms with Crippen molar-refractivity contribution in [3.8, 4) is 0 Å². The fourth-order valence-corrected chi connectivity index (χ4v) is 2.05. The number of aromatic nitrogens is 2. The molecular formula is C15H11FN2O. The third kappa shape index (κ3) is 2.25. The van der Waals surface area contributed by atoms with Gasteiger partial charge in [0, 0.05) is 22.7 Å². The first kappa shape index (κ1) is 11.6. The molecule has 4 heteroatoms. The van der Waals surface area contributed by atoms with E-state index in [1.54, 1.807) is 41.1 Å². The second-order valence-corrected chi connectivity index (χ2v) is 4.35. The van der Waals surface area contributed by atoms with Crippen LogP contribution in [-0.2, 0) is 6.54 Å². The van der Waals surface area contributed by atoms with Crippen LogP contribution in [0.15, 0.2) is 48.7 Å². The highest BCUT2D eigenvalue weighted by Gasteiger charge is 2.05. The Labute approximate surface area is 109 Å². The third-order valence-corrected chi connectivity index (χ3v) is 3.00. The Kier molecular flexibility index (Phi) is 2.83. The Hall–Kier alpha value is -2.49. The maximum atomic E-state index is 13.6. The minimum atomic E-state index is -0.240. The van der Waals surface area contributed by atoms with E-state index in [-0.39, 0.29) is 5.82 Å². The van der Waals surface area contributed by atoms with E-state index in [0.717, 1.165) is 17.2 Å². The molecule has 0 fully saturated rings. The number of hydrogen-bond acceptors (Lipinski definition) is 2. The van der Waals surface area contributed by atoms with Gasteiger partial charge in [0.15, 0.2) is 0 Å². The molecule has 0 N–H and O–H groups in total. The lowest BCUT2D eigenvalue weighted by Crippen LogP contribution is -2.01. The average molecular weight is 254 g/mol. The lowest BCUT2D eigenvalue weighted by Gasteiger charge is -2.02. The first-order chi connectivity index (χ1) is 9.26. The number of carbonyl (C=O) groups is 1. The molecule has 0 aliphatic carbocycles. The van der Waals surface area contributed by atoms with Crippen molar-refractivity contribution in [3.05, 3.63) is 65.6 Å². The van der Waals surface area contributed by atoms with E-state index < -0.39 is 0 Å². The fourth-order valence-electron chi connectivity index (χ4n) is 2.05. The Morgan fingerprint density at radius 3 is 2.84 bits per heavy atom. The fraction of sp³-hybridized carbons (Fsp3) is 0.0667. The van der Waals surface area contributed by atoms with Crippen LogP contribution in [0.1, 0.15) is 15.9 Å². The lowest BCUT2D eigenvalue weighted by atomic mass is 10.2. The van der Waals surface area contributed by atoms with Crippen LogP contribution in [0.25, 0.3) is 10.9 Å². The van der Waals surface area contributed by atoms with Crippen molar-refractivity contribution in [1.82, 2.24) is 9.78 Å². The zero-order valence-electron chi connectivity index (χ0n) is 10.1. The Bertz CT molecular complexity index is 749. The molecule has 3 nitrogen and oxygen atoms in total. The summed E-state index contributed by atoms with van der Waals surface area (Å²) >= 11 is 0. The highest BCUT2D eigenvalue weighted by Crippen LogP contribution is 2.15. The summed E-state index contributed by atoms with van der Waals surface area (Å²) < 4.78 is 15.2. The maximum absolute atomic E-state index is 13.6. The van der Waals surface area contributed by atoms with Crippen LogP contribution in [0.4, 0.5) is 4.39 Å². The SMILES string of the molecule is O=Cc1ccc2nn(Cc3ccccc3F)cc2c1. The molecule has 94 valence electrons. The van der Waals surface area contributed by atoms with E-state index >= 15 is 0 Å². The lowest BCUT2D eigenvalue weighted by molar-refractivity contribution is 0.112. The van der Waals surface area contributed by atoms with Gasteiger partial charge in [0.2, 0.25) is 0 Å². The van der Waals surface area contributed by atoms with Gasteiger partial charge in [-0.3, -0.25) is 9.48 Å². The molecule has 0 spiro atoms. The van der Waals surface area contributed by atoms with Crippen molar-refractivity contribution in [2.24, 2.45) is 0 Å². The van der Waals surface area contributed by atoms with Crippen LogP contribution in [0, 0.1) is 5.82 Å². The second-order valence-electron chi connectivity index (χ2n) is 4.35. The van der Waals surface area contributed by atoms with Gasteiger partial charge < -0.3 is 0 Å². The zero-order chi connectivity index (χ0) is 13.2. The smallest absolute Gasteiger partial charge is 0.150 e. The molecule has 3 rings (SSSR count). The standard InChI is InChI=1S/C15H11FN2O/c16-14-4-2-1-3-12(14)8-18-9-13-7-11(10-19)5-6-15(13)17-18/h1-7,9-10H,8H2. The Morgan fingerprint density at radius 1 is 1.21 bits per heavy atom. The van der Waals surface area contributed by atoms with E-state index in [1.807, 2.05) is 6.20 Å². The molecule has 19 heavy (non-hydrogen) atoms. The third-order valence-electron chi connectivity index (χ3n) is 3.00. The quantitative estimate of drug-likeness (QED) is 0.673. The topological polar surface area (TPSA) is 34.9 Å². The van der Waals surface area contributed by atoms with Crippen molar-refractivity contribution in [2.45, 2.75) is 6.54 Å². The summed E-state index contributed by atoms with van der Waals surface area (Å²) in [5, 5.41) is 5.23. The number of halogens is 1. The first-order valence-electron chi connectivity index (χ1n) is 5.92. The van der Waals surface area contributed by atoms with Gasteiger partial charge in [-0.05, 0) is 24.3 Å². The number of nitrogens with zero attached hydrogens (tertiary/aromatic N) is 2. The van der Waals surface area contributed by atoms with Gasteiger partial charge in [-0.25, -0.2) is 4.39 Å². The molecule has 0 saturated heterocycles. The van der Waals surface area contributed by atoms with E-state index in [9.17, 15) is 9.18 Å². The molecule has 0 unspecified atom stereocenters. The van der Waals surface area contributed by atoms with Gasteiger partial charge in [0.25, 0.3) is 0 Å². The number of aldehydes is 1. The summed E-state index contributed by atoms with van der Waals surface area (Å²) in [5.74, 6) is -0.240. The molecule has 1 heterocycles. The van der Waals surface area contributed by atoms with E-state index in [2.05, 4.69) is 5.10 Å². The van der Waals surface area contributed by atoms with Crippen LogP contribution < -0.4 is 0 Å². The maximum Gasteiger partial charge on any atom is 0.150 e. The van der Waals surface area contributed by atoms with Crippen molar-refractivity contribution in [2.75, 3.05) is 0 Å². The summed E-state index contributed by atoms with van der Waals surface area (Å²) in [6, 6.07) is 11.9. The number of rotatable bonds is 3. The Balaban J connectivity index is 1.98. The molecule has 0 atom stereocenters. The van der Waals surface area contributed by atoms with Crippen LogP contribution in [0.3, 0.4) is 0 Å². The van der Waals surface area contributed by atoms with Gasteiger partial charge in [0.1, 0.15) is 12.1 Å². The Morgan fingerprint density at radius 2 is 2.05 bits per heavy atom. The van der Waals surface area contributed by atoms with Crippen molar-refractivity contribution < 1.29 is 9.18 Å². The predicted molar refractivity (Wildman–Crippen MR) is 70.6 cm³/mol. The summed E-state index contributed by atoms with van der Waals surface area (Å²) in [7, 11) is 0. The number of fused-ring (bicyclic) bond motifs is 1. The summed E-state index contributed by atoms with van der Waals surface area (Å²) in [6.07, 6.45) is 2.61. The molecular weight excluding hydrogens is 243 g/mol. The molecule has 0 aliphatic rings. The van der Waals surface area contributed by atoms with Gasteiger partial charge in [0.05, 0.1) is 12.1 Å². The number of hydrogen-bond donors (Lipinski definition) is 0. The molecule has 0 bridgehead atoms. The van der Waals surface area contributed by atoms with Gasteiger partial charge in [-0.2, -0.15) is 5.10 Å². The van der Waals surface area contributed by atoms with Crippen molar-refractivity contribution in [3.63, 3.8) is 0 Å². The van der Waals surface area contributed by atoms with Gasteiger partial charge >= 0.3 is 0 Å². The average Bonchev–Trinajstić information content (AvgIpc) is 2.82. The molecule has 0 saturated carbocycles. The molecule has 0 amide bonds. The minimum absolute atomic E-state index is 0.240. The summed E-state index contributed by atoms with van der Waals surface area (Å²) in [6.45, 7) is 0.373. The molecule has 0 aliphatic heterocycles. The van der Waals surface area contributed by atoms with E-state index in [4.69, 9.17) is 0 Å². The van der Waals surface area contributed by atoms with Gasteiger partial charge in [-0.1, -0.05) is 18.2 Å². The summed E-state index contributed by atoms with van der Waals surface area (Å²) in [5.41, 5.74) is 1.99. The number of carbonyl (C=O) groups excluding carboxylic acids is 1. The number of benzene rings is 2.